The average Bonchev–Trinajstić information content (AvgIpc) is 3.70. The van der Waals surface area contributed by atoms with Crippen molar-refractivity contribution in [3.63, 3.8) is 0 Å². The van der Waals surface area contributed by atoms with Gasteiger partial charge in [0.15, 0.2) is 0 Å². The summed E-state index contributed by atoms with van der Waals surface area (Å²) in [7, 11) is 0. The van der Waals surface area contributed by atoms with Crippen LogP contribution in [-0.4, -0.2) is 62.2 Å². The molecule has 11 nitrogen and oxygen atoms in total. The quantitative estimate of drug-likeness (QED) is 0.301. The van der Waals surface area contributed by atoms with E-state index in [1.807, 2.05) is 56.0 Å². The van der Waals surface area contributed by atoms with Crippen LogP contribution in [0.4, 0.5) is 0 Å². The van der Waals surface area contributed by atoms with Crippen LogP contribution in [0.15, 0.2) is 53.5 Å². The third-order valence-electron chi connectivity index (χ3n) is 7.19. The monoisotopic (exact) mass is 632 g/mol. The summed E-state index contributed by atoms with van der Waals surface area (Å²) in [5.41, 5.74) is 2.52. The van der Waals surface area contributed by atoms with Crippen molar-refractivity contribution in [2.45, 2.75) is 52.2 Å². The molecule has 0 unspecified atom stereocenters. The Morgan fingerprint density at radius 1 is 0.909 bits per heavy atom. The molecule has 230 valence electrons. The number of benzene rings is 1. The summed E-state index contributed by atoms with van der Waals surface area (Å²) in [5, 5.41) is 13.9. The summed E-state index contributed by atoms with van der Waals surface area (Å²) >= 11 is 2.70. The minimum Gasteiger partial charge on any atom is -0.351 e. The van der Waals surface area contributed by atoms with Crippen molar-refractivity contribution in [2.75, 3.05) is 19.6 Å². The van der Waals surface area contributed by atoms with Gasteiger partial charge in [0.05, 0.1) is 18.6 Å². The molecular formula is C31H36N8O3S2. The maximum atomic E-state index is 13.5. The van der Waals surface area contributed by atoms with E-state index in [-0.39, 0.29) is 41.9 Å². The second-order valence-electron chi connectivity index (χ2n) is 11.1. The van der Waals surface area contributed by atoms with Gasteiger partial charge >= 0.3 is 0 Å². The third kappa shape index (κ3) is 8.30. The normalized spacial score (nSPS) is 19.0. The standard InChI is InChI=1S/C31H36N8O3S2/c1-19(2)27-31-37-24(17-44-31)28(41)32-10-7-11-39(15-22-13-33-20(3)34-14-22)16-26(40)35-23(12-21-8-5-4-6-9-21)30-36-25(18-43-30)29(42)38-27/h4-6,8-9,13-14,17-19,23,27H,7,10-12,15-16H2,1-3H3,(H,32,41)(H,35,40)(H,38,42)/t23-,27-/m0/s1. The summed E-state index contributed by atoms with van der Waals surface area (Å²) in [6.45, 7) is 7.38. The number of carbonyl (C=O) groups is 3. The number of hydrogen-bond donors (Lipinski definition) is 3. The Labute approximate surface area is 264 Å². The lowest BCUT2D eigenvalue weighted by Gasteiger charge is -2.24. The summed E-state index contributed by atoms with van der Waals surface area (Å²) in [6.07, 6.45) is 4.67. The lowest BCUT2D eigenvalue weighted by Crippen LogP contribution is -2.40. The van der Waals surface area contributed by atoms with Crippen LogP contribution in [0, 0.1) is 12.8 Å². The minimum atomic E-state index is -0.426. The molecule has 2 atom stereocenters. The highest BCUT2D eigenvalue weighted by molar-refractivity contribution is 7.10. The van der Waals surface area contributed by atoms with E-state index in [1.165, 1.54) is 22.7 Å². The number of carbonyl (C=O) groups excluding carboxylic acids is 3. The van der Waals surface area contributed by atoms with Crippen LogP contribution in [0.3, 0.4) is 0 Å². The molecule has 4 heterocycles. The zero-order chi connectivity index (χ0) is 31.1. The fourth-order valence-corrected chi connectivity index (χ4v) is 6.75. The predicted molar refractivity (Wildman–Crippen MR) is 169 cm³/mol. The predicted octanol–water partition coefficient (Wildman–Crippen LogP) is 3.86. The summed E-state index contributed by atoms with van der Waals surface area (Å²) in [6, 6.07) is 9.07. The van der Waals surface area contributed by atoms with E-state index in [0.29, 0.717) is 54.0 Å². The second kappa shape index (κ2) is 14.6. The number of fused-ring (bicyclic) bond motifs is 4. The van der Waals surface area contributed by atoms with Crippen molar-refractivity contribution >= 4 is 40.4 Å². The second-order valence-corrected chi connectivity index (χ2v) is 12.9. The number of rotatable bonds is 5. The zero-order valence-electron chi connectivity index (χ0n) is 24.9. The van der Waals surface area contributed by atoms with E-state index in [2.05, 4.69) is 35.9 Å². The van der Waals surface area contributed by atoms with Gasteiger partial charge in [-0.2, -0.15) is 0 Å². The molecule has 3 aromatic heterocycles. The summed E-state index contributed by atoms with van der Waals surface area (Å²) in [4.78, 5) is 59.6. The van der Waals surface area contributed by atoms with Crippen molar-refractivity contribution in [3.8, 4) is 0 Å². The van der Waals surface area contributed by atoms with E-state index in [9.17, 15) is 14.4 Å². The van der Waals surface area contributed by atoms with E-state index in [4.69, 9.17) is 0 Å². The number of hydrogen-bond acceptors (Lipinski definition) is 10. The molecule has 3 N–H and O–H groups in total. The Bertz CT molecular complexity index is 1570. The van der Waals surface area contributed by atoms with Gasteiger partial charge in [0.2, 0.25) is 5.91 Å². The molecule has 0 aliphatic carbocycles. The van der Waals surface area contributed by atoms with Gasteiger partial charge in [0.1, 0.15) is 27.2 Å². The van der Waals surface area contributed by atoms with E-state index < -0.39 is 6.04 Å². The van der Waals surface area contributed by atoms with Crippen molar-refractivity contribution in [3.05, 3.63) is 91.8 Å². The summed E-state index contributed by atoms with van der Waals surface area (Å²) in [5.74, 6) is -0.0696. The van der Waals surface area contributed by atoms with Gasteiger partial charge in [-0.25, -0.2) is 19.9 Å². The Morgan fingerprint density at radius 2 is 1.59 bits per heavy atom. The highest BCUT2D eigenvalue weighted by atomic mass is 32.1. The molecule has 5 rings (SSSR count). The number of aryl methyl sites for hydroxylation is 1. The molecular weight excluding hydrogens is 597 g/mol. The van der Waals surface area contributed by atoms with Crippen molar-refractivity contribution < 1.29 is 14.4 Å². The van der Waals surface area contributed by atoms with Crippen molar-refractivity contribution in [1.82, 2.24) is 40.8 Å². The summed E-state index contributed by atoms with van der Waals surface area (Å²) < 4.78 is 0. The largest absolute Gasteiger partial charge is 0.351 e. The highest BCUT2D eigenvalue weighted by Crippen LogP contribution is 2.27. The van der Waals surface area contributed by atoms with Gasteiger partial charge in [-0.15, -0.1) is 22.7 Å². The Balaban J connectivity index is 1.44. The van der Waals surface area contributed by atoms with Gasteiger partial charge in [-0.3, -0.25) is 19.3 Å². The molecule has 0 saturated heterocycles. The highest BCUT2D eigenvalue weighted by Gasteiger charge is 2.27. The van der Waals surface area contributed by atoms with Gasteiger partial charge in [0.25, 0.3) is 11.8 Å². The molecule has 4 aromatic rings. The maximum absolute atomic E-state index is 13.5. The van der Waals surface area contributed by atoms with Crippen LogP contribution in [-0.2, 0) is 17.8 Å². The van der Waals surface area contributed by atoms with Crippen LogP contribution in [0.25, 0.3) is 0 Å². The Kier molecular flexibility index (Phi) is 10.4. The van der Waals surface area contributed by atoms with Crippen molar-refractivity contribution in [1.29, 1.82) is 0 Å². The zero-order valence-corrected chi connectivity index (χ0v) is 26.6. The van der Waals surface area contributed by atoms with Crippen molar-refractivity contribution in [2.24, 2.45) is 5.92 Å². The molecule has 1 aliphatic heterocycles. The number of nitrogens with one attached hydrogen (secondary N) is 3. The molecule has 3 amide bonds. The smallest absolute Gasteiger partial charge is 0.271 e. The number of aromatic nitrogens is 4. The number of amides is 3. The molecule has 0 radical (unpaired) electrons. The average molecular weight is 633 g/mol. The minimum absolute atomic E-state index is 0.0308. The van der Waals surface area contributed by atoms with Crippen LogP contribution in [0.1, 0.15) is 80.3 Å². The van der Waals surface area contributed by atoms with Crippen LogP contribution < -0.4 is 16.0 Å². The first-order valence-corrected chi connectivity index (χ1v) is 16.3. The molecule has 0 fully saturated rings. The fraction of sp³-hybridized carbons (Fsp3) is 0.387. The Hall–Kier alpha value is -4.07. The first-order chi connectivity index (χ1) is 21.2. The SMILES string of the molecule is Cc1ncc(CN2CCCNC(=O)c3csc(n3)[C@H](C(C)C)NC(=O)c3csc(n3)[C@H](Cc3ccccc3)NC(=O)C2)cn1. The topological polar surface area (TPSA) is 142 Å². The molecule has 4 bridgehead atoms. The van der Waals surface area contributed by atoms with Gasteiger partial charge in [-0.1, -0.05) is 44.2 Å². The van der Waals surface area contributed by atoms with E-state index >= 15 is 0 Å². The van der Waals surface area contributed by atoms with E-state index in [0.717, 1.165) is 11.1 Å². The Morgan fingerprint density at radius 3 is 2.32 bits per heavy atom. The first kappa shape index (κ1) is 31.4. The lowest BCUT2D eigenvalue weighted by atomic mass is 10.0. The van der Waals surface area contributed by atoms with E-state index in [1.54, 1.807) is 23.2 Å². The molecule has 0 spiro atoms. The van der Waals surface area contributed by atoms with Gasteiger partial charge in [0, 0.05) is 48.4 Å². The number of thiazole rings is 2. The third-order valence-corrected chi connectivity index (χ3v) is 9.08. The number of nitrogens with zero attached hydrogens (tertiary/aromatic N) is 5. The van der Waals surface area contributed by atoms with Gasteiger partial charge in [-0.05, 0) is 31.2 Å². The lowest BCUT2D eigenvalue weighted by molar-refractivity contribution is -0.123. The molecule has 0 saturated carbocycles. The van der Waals surface area contributed by atoms with Crippen LogP contribution >= 0.6 is 22.7 Å². The molecule has 44 heavy (non-hydrogen) atoms. The first-order valence-electron chi connectivity index (χ1n) is 14.6. The maximum Gasteiger partial charge on any atom is 0.271 e. The molecule has 1 aliphatic rings. The van der Waals surface area contributed by atoms with Crippen LogP contribution in [0.2, 0.25) is 0 Å². The van der Waals surface area contributed by atoms with Gasteiger partial charge < -0.3 is 16.0 Å². The van der Waals surface area contributed by atoms with Crippen LogP contribution in [0.5, 0.6) is 0 Å². The molecule has 1 aromatic carbocycles. The molecule has 13 heteroatoms. The fourth-order valence-electron chi connectivity index (χ4n) is 4.88.